The number of halogens is 1. The average Bonchev–Trinajstić information content (AvgIpc) is 3.79. The van der Waals surface area contributed by atoms with Gasteiger partial charge in [-0.3, -0.25) is 19.4 Å². The number of nitrogens with one attached hydrogen (secondary N) is 2. The molecule has 0 atom stereocenters. The highest BCUT2D eigenvalue weighted by Crippen LogP contribution is 2.34. The summed E-state index contributed by atoms with van der Waals surface area (Å²) >= 11 is 0. The van der Waals surface area contributed by atoms with Gasteiger partial charge in [0.15, 0.2) is 0 Å². The lowest BCUT2D eigenvalue weighted by molar-refractivity contribution is 0.476. The molecule has 12 nitrogen and oxygen atoms in total. The van der Waals surface area contributed by atoms with Gasteiger partial charge >= 0.3 is 0 Å². The van der Waals surface area contributed by atoms with Gasteiger partial charge < -0.3 is 0 Å². The molecular weight excluding hydrogens is 824 g/mol. The molecule has 15 heteroatoms. The second kappa shape index (κ2) is 15.8. The molecular formula is C47H47FN8O4S2. The topological polar surface area (TPSA) is 154 Å². The van der Waals surface area contributed by atoms with Crippen molar-refractivity contribution in [3.8, 4) is 11.4 Å². The summed E-state index contributed by atoms with van der Waals surface area (Å²) < 4.78 is 79.2. The molecule has 8 rings (SSSR count). The first-order valence-electron chi connectivity index (χ1n) is 20.1. The molecule has 0 saturated heterocycles. The van der Waals surface area contributed by atoms with Gasteiger partial charge in [0.05, 0.1) is 43.6 Å². The van der Waals surface area contributed by atoms with Gasteiger partial charge in [0.2, 0.25) is 0 Å². The van der Waals surface area contributed by atoms with Crippen LogP contribution in [0.15, 0.2) is 131 Å². The standard InChI is InChI=1S/C47H47FN8O4S2/c1-30-26-43(37-12-8-9-14-41(37)50-30)56-44(27-31(2)51-56)53-61(57,58)34-19-17-32(18-20-34)47(6,7)24-23-33-28-45(55(52-33)42-16-10-15-40-36(42)13-11-25-49-40)54-62(59,60)35-21-22-38(39(48)29-35)46(3,4)5/h8-22,25-29,53-54H,23-24H2,1-7H3. The van der Waals surface area contributed by atoms with Crippen molar-refractivity contribution in [2.24, 2.45) is 0 Å². The number of anilines is 2. The van der Waals surface area contributed by atoms with E-state index >= 15 is 4.39 Å². The number of nitrogens with zero attached hydrogens (tertiary/aromatic N) is 6. The fraction of sp³-hybridized carbons (Fsp3) is 0.234. The van der Waals surface area contributed by atoms with Crippen LogP contribution in [0.5, 0.6) is 0 Å². The predicted octanol–water partition coefficient (Wildman–Crippen LogP) is 9.72. The Morgan fingerprint density at radius 3 is 1.98 bits per heavy atom. The van der Waals surface area contributed by atoms with Gasteiger partial charge in [-0.05, 0) is 109 Å². The maximum Gasteiger partial charge on any atom is 0.263 e. The van der Waals surface area contributed by atoms with E-state index in [4.69, 9.17) is 5.10 Å². The second-order valence-electron chi connectivity index (χ2n) is 17.2. The van der Waals surface area contributed by atoms with Gasteiger partial charge in [-0.2, -0.15) is 10.2 Å². The fourth-order valence-electron chi connectivity index (χ4n) is 7.63. The van der Waals surface area contributed by atoms with Gasteiger partial charge in [0.1, 0.15) is 17.5 Å². The Hall–Kier alpha value is -6.45. The molecule has 4 heterocycles. The fourth-order valence-corrected chi connectivity index (χ4v) is 9.71. The molecule has 62 heavy (non-hydrogen) atoms. The van der Waals surface area contributed by atoms with E-state index in [1.807, 2.05) is 94.4 Å². The van der Waals surface area contributed by atoms with E-state index in [1.54, 1.807) is 52.8 Å². The zero-order chi connectivity index (χ0) is 44.2. The van der Waals surface area contributed by atoms with Crippen LogP contribution in [0.3, 0.4) is 0 Å². The number of para-hydroxylation sites is 1. The van der Waals surface area contributed by atoms with Crippen molar-refractivity contribution in [3.05, 3.63) is 155 Å². The summed E-state index contributed by atoms with van der Waals surface area (Å²) in [6, 6.07) is 32.9. The number of hydrogen-bond donors (Lipinski definition) is 2. The normalized spacial score (nSPS) is 12.6. The van der Waals surface area contributed by atoms with Crippen molar-refractivity contribution < 1.29 is 21.2 Å². The van der Waals surface area contributed by atoms with Gasteiger partial charge in [-0.1, -0.05) is 77.1 Å². The van der Waals surface area contributed by atoms with E-state index < -0.39 is 36.7 Å². The Labute approximate surface area is 361 Å². The Morgan fingerprint density at radius 1 is 0.629 bits per heavy atom. The third-order valence-corrected chi connectivity index (χ3v) is 13.7. The lowest BCUT2D eigenvalue weighted by Crippen LogP contribution is -2.19. The molecule has 8 aromatic rings. The van der Waals surface area contributed by atoms with E-state index in [1.165, 1.54) is 12.1 Å². The van der Waals surface area contributed by atoms with Crippen molar-refractivity contribution in [3.63, 3.8) is 0 Å². The maximum absolute atomic E-state index is 15.2. The minimum atomic E-state index is -4.25. The smallest absolute Gasteiger partial charge is 0.263 e. The molecule has 0 aliphatic heterocycles. The second-order valence-corrected chi connectivity index (χ2v) is 20.5. The lowest BCUT2D eigenvalue weighted by Gasteiger charge is -2.25. The van der Waals surface area contributed by atoms with Gasteiger partial charge in [0.25, 0.3) is 20.0 Å². The van der Waals surface area contributed by atoms with Crippen molar-refractivity contribution in [2.75, 3.05) is 9.44 Å². The molecule has 0 amide bonds. The Balaban J connectivity index is 1.04. The first kappa shape index (κ1) is 42.2. The molecule has 0 spiro atoms. The van der Waals surface area contributed by atoms with Crippen molar-refractivity contribution in [1.29, 1.82) is 0 Å². The number of benzene rings is 4. The highest BCUT2D eigenvalue weighted by atomic mass is 32.2. The molecule has 0 saturated carbocycles. The first-order valence-corrected chi connectivity index (χ1v) is 23.1. The summed E-state index contributed by atoms with van der Waals surface area (Å²) in [5, 5.41) is 11.1. The lowest BCUT2D eigenvalue weighted by atomic mass is 9.80. The zero-order valence-electron chi connectivity index (χ0n) is 35.5. The number of hydrogen-bond acceptors (Lipinski definition) is 8. The van der Waals surface area contributed by atoms with Crippen LogP contribution in [-0.2, 0) is 37.3 Å². The summed E-state index contributed by atoms with van der Waals surface area (Å²) in [5.41, 5.74) is 5.17. The van der Waals surface area contributed by atoms with Crippen LogP contribution in [-0.4, -0.2) is 46.4 Å². The van der Waals surface area contributed by atoms with Crippen LogP contribution in [0.1, 0.15) is 69.2 Å². The first-order chi connectivity index (χ1) is 29.3. The summed E-state index contributed by atoms with van der Waals surface area (Å²) in [5.74, 6) is -0.124. The van der Waals surface area contributed by atoms with E-state index in [2.05, 4.69) is 38.4 Å². The molecule has 318 valence electrons. The Morgan fingerprint density at radius 2 is 1.26 bits per heavy atom. The van der Waals surface area contributed by atoms with Gasteiger partial charge in [-0.25, -0.2) is 30.6 Å². The van der Waals surface area contributed by atoms with E-state index in [0.717, 1.165) is 33.6 Å². The quantitative estimate of drug-likeness (QED) is 0.123. The summed E-state index contributed by atoms with van der Waals surface area (Å²) in [6.45, 7) is 13.4. The Bertz CT molecular complexity index is 3220. The number of aromatic nitrogens is 6. The third-order valence-electron chi connectivity index (χ3n) is 11.0. The van der Waals surface area contributed by atoms with E-state index in [0.29, 0.717) is 52.5 Å². The number of rotatable bonds is 12. The maximum atomic E-state index is 15.2. The molecule has 4 aromatic carbocycles. The molecule has 0 aliphatic carbocycles. The SMILES string of the molecule is Cc1cc(-n2nc(C)cc2NS(=O)(=O)c2ccc(C(C)(C)CCc3cc(NS(=O)(=O)c4ccc(C(C)(C)C)c(F)c4)n(-c4cccc5ncccc45)n3)cc2)c2ccccc2n1. The number of aryl methyl sites for hydroxylation is 3. The molecule has 0 bridgehead atoms. The highest BCUT2D eigenvalue weighted by molar-refractivity contribution is 7.93. The molecule has 0 unspecified atom stereocenters. The summed E-state index contributed by atoms with van der Waals surface area (Å²) in [4.78, 5) is 8.96. The van der Waals surface area contributed by atoms with Crippen LogP contribution < -0.4 is 9.44 Å². The zero-order valence-corrected chi connectivity index (χ0v) is 37.1. The summed E-state index contributed by atoms with van der Waals surface area (Å²) in [7, 11) is -8.27. The minimum Gasteiger partial charge on any atom is -0.263 e. The van der Waals surface area contributed by atoms with Crippen molar-refractivity contribution >= 4 is 53.5 Å². The van der Waals surface area contributed by atoms with Crippen LogP contribution in [0, 0.1) is 19.7 Å². The van der Waals surface area contributed by atoms with E-state index in [9.17, 15) is 16.8 Å². The van der Waals surface area contributed by atoms with Crippen molar-refractivity contribution in [2.45, 2.75) is 81.9 Å². The third kappa shape index (κ3) is 8.42. The largest absolute Gasteiger partial charge is 0.263 e. The van der Waals surface area contributed by atoms with Crippen LogP contribution in [0.25, 0.3) is 33.2 Å². The van der Waals surface area contributed by atoms with Gasteiger partial charge in [0, 0.05) is 34.8 Å². The predicted molar refractivity (Wildman–Crippen MR) is 242 cm³/mol. The summed E-state index contributed by atoms with van der Waals surface area (Å²) in [6.07, 6.45) is 2.71. The molecule has 0 radical (unpaired) electrons. The molecule has 0 fully saturated rings. The number of sulfonamides is 2. The minimum absolute atomic E-state index is 0.0893. The molecule has 2 N–H and O–H groups in total. The van der Waals surface area contributed by atoms with Crippen LogP contribution >= 0.6 is 0 Å². The van der Waals surface area contributed by atoms with Crippen molar-refractivity contribution in [1.82, 2.24) is 29.5 Å². The molecule has 0 aliphatic rings. The molecule has 4 aromatic heterocycles. The highest BCUT2D eigenvalue weighted by Gasteiger charge is 2.27. The van der Waals surface area contributed by atoms with Crippen LogP contribution in [0.2, 0.25) is 0 Å². The average molecular weight is 871 g/mol. The number of pyridine rings is 2. The van der Waals surface area contributed by atoms with Crippen LogP contribution in [0.4, 0.5) is 16.0 Å². The van der Waals surface area contributed by atoms with Gasteiger partial charge in [-0.15, -0.1) is 0 Å². The monoisotopic (exact) mass is 870 g/mol. The number of fused-ring (bicyclic) bond motifs is 2. The Kier molecular flexibility index (Phi) is 10.8. The van der Waals surface area contributed by atoms with E-state index in [-0.39, 0.29) is 15.6 Å².